The maximum atomic E-state index is 8.86. The largest absolute Gasteiger partial charge is 0.396 e. The Bertz CT molecular complexity index is 247. The Hall–Kier alpha value is 1.53. The van der Waals surface area contributed by atoms with Crippen LogP contribution in [-0.4, -0.2) is 67.7 Å². The predicted octanol–water partition coefficient (Wildman–Crippen LogP) is 2.40. The van der Waals surface area contributed by atoms with Crippen molar-refractivity contribution >= 4 is 77.5 Å². The normalized spacial score (nSPS) is 14.2. The highest BCUT2D eigenvalue weighted by atomic mass is 32.2. The molecule has 9 heteroatoms. The van der Waals surface area contributed by atoms with Crippen LogP contribution in [0.4, 0.5) is 0 Å². The number of hydrogen-bond acceptors (Lipinski definition) is 8. The lowest BCUT2D eigenvalue weighted by atomic mass is 10.5. The van der Waals surface area contributed by atoms with Crippen LogP contribution in [0.3, 0.4) is 0 Å². The molecule has 0 aliphatic heterocycles. The van der Waals surface area contributed by atoms with Crippen molar-refractivity contribution < 1.29 is 5.11 Å². The lowest BCUT2D eigenvalue weighted by Crippen LogP contribution is -2.21. The number of rotatable bonds is 13. The molecule has 0 aromatic heterocycles. The molecule has 2 unspecified atom stereocenters. The van der Waals surface area contributed by atoms with Gasteiger partial charge in [-0.3, -0.25) is 5.41 Å². The van der Waals surface area contributed by atoms with Crippen molar-refractivity contribution in [2.45, 2.75) is 10.5 Å². The minimum atomic E-state index is 0.176. The van der Waals surface area contributed by atoms with Crippen molar-refractivity contribution in [3.8, 4) is 0 Å². The SMILES string of the molecule is N=C(N)SCC(CSCCO)SC(CS)CSCCS. The molecule has 120 valence electrons. The summed E-state index contributed by atoms with van der Waals surface area (Å²) < 4.78 is 0. The van der Waals surface area contributed by atoms with Gasteiger partial charge >= 0.3 is 0 Å². The van der Waals surface area contributed by atoms with Gasteiger partial charge in [0.15, 0.2) is 5.17 Å². The molecule has 0 fully saturated rings. The van der Waals surface area contributed by atoms with Crippen LogP contribution in [0, 0.1) is 5.41 Å². The van der Waals surface area contributed by atoms with Crippen LogP contribution < -0.4 is 5.73 Å². The Balaban J connectivity index is 4.15. The molecule has 0 bridgehead atoms. The van der Waals surface area contributed by atoms with Crippen molar-refractivity contribution in [2.24, 2.45) is 5.73 Å². The zero-order valence-corrected chi connectivity index (χ0v) is 16.4. The van der Waals surface area contributed by atoms with Gasteiger partial charge in [-0.05, 0) is 5.75 Å². The van der Waals surface area contributed by atoms with Gasteiger partial charge in [-0.2, -0.15) is 60.5 Å². The highest BCUT2D eigenvalue weighted by Gasteiger charge is 2.17. The molecule has 0 rings (SSSR count). The summed E-state index contributed by atoms with van der Waals surface area (Å²) in [6.07, 6.45) is 0. The van der Waals surface area contributed by atoms with Gasteiger partial charge in [0.1, 0.15) is 0 Å². The highest BCUT2D eigenvalue weighted by molar-refractivity contribution is 8.14. The number of aliphatic hydroxyl groups is 1. The summed E-state index contributed by atoms with van der Waals surface area (Å²) in [6.45, 7) is 0.218. The van der Waals surface area contributed by atoms with Gasteiger partial charge in [0.05, 0.1) is 6.61 Å². The fourth-order valence-electron chi connectivity index (χ4n) is 1.28. The summed E-state index contributed by atoms with van der Waals surface area (Å²) in [5.74, 6) is 6.51. The number of hydrogen-bond donors (Lipinski definition) is 5. The maximum absolute atomic E-state index is 8.86. The van der Waals surface area contributed by atoms with E-state index < -0.39 is 0 Å². The Kier molecular flexibility index (Phi) is 16.6. The molecule has 0 aliphatic rings. The van der Waals surface area contributed by atoms with E-state index in [4.69, 9.17) is 16.2 Å². The lowest BCUT2D eigenvalue weighted by Gasteiger charge is -2.21. The first-order valence-electron chi connectivity index (χ1n) is 6.24. The quantitative estimate of drug-likeness (QED) is 0.143. The number of nitrogens with two attached hydrogens (primary N) is 1. The van der Waals surface area contributed by atoms with Crippen LogP contribution in [0.25, 0.3) is 0 Å². The number of thioether (sulfide) groups is 4. The Morgan fingerprint density at radius 3 is 2.30 bits per heavy atom. The van der Waals surface area contributed by atoms with Crippen LogP contribution >= 0.6 is 72.3 Å². The summed E-state index contributed by atoms with van der Waals surface area (Å²) in [5.41, 5.74) is 5.42. The fraction of sp³-hybridized carbons (Fsp3) is 0.909. The smallest absolute Gasteiger partial charge is 0.151 e. The summed E-state index contributed by atoms with van der Waals surface area (Å²) in [6, 6.07) is 0. The van der Waals surface area contributed by atoms with E-state index in [0.717, 1.165) is 40.3 Å². The van der Waals surface area contributed by atoms with Crippen molar-refractivity contribution in [1.82, 2.24) is 0 Å². The van der Waals surface area contributed by atoms with E-state index in [-0.39, 0.29) is 11.8 Å². The Labute approximate surface area is 150 Å². The van der Waals surface area contributed by atoms with E-state index in [9.17, 15) is 0 Å². The standard InChI is InChI=1S/C11H24N2OS6/c12-11(13)19-8-10(7-17-3-1-14)20-9(5-16)6-18-4-2-15/h9-10,14-16H,1-8H2,(H3,12,13). The average Bonchev–Trinajstić information content (AvgIpc) is 2.43. The second kappa shape index (κ2) is 15.4. The van der Waals surface area contributed by atoms with Crippen LogP contribution in [0.15, 0.2) is 0 Å². The van der Waals surface area contributed by atoms with Crippen molar-refractivity contribution in [2.75, 3.05) is 46.9 Å². The second-order valence-electron chi connectivity index (χ2n) is 3.83. The van der Waals surface area contributed by atoms with E-state index in [0.29, 0.717) is 10.5 Å². The third-order valence-corrected chi connectivity index (χ3v) is 8.50. The zero-order chi connectivity index (χ0) is 15.2. The van der Waals surface area contributed by atoms with Crippen LogP contribution in [-0.2, 0) is 0 Å². The molecule has 4 N–H and O–H groups in total. The monoisotopic (exact) mass is 392 g/mol. The molecule has 20 heavy (non-hydrogen) atoms. The first-order valence-corrected chi connectivity index (χ1v) is 11.7. The van der Waals surface area contributed by atoms with E-state index in [1.54, 1.807) is 11.8 Å². The van der Waals surface area contributed by atoms with Gasteiger partial charge < -0.3 is 10.8 Å². The summed E-state index contributed by atoms with van der Waals surface area (Å²) in [7, 11) is 0. The van der Waals surface area contributed by atoms with Crippen LogP contribution in [0.1, 0.15) is 0 Å². The molecule has 0 aliphatic carbocycles. The third kappa shape index (κ3) is 13.2. The molecular weight excluding hydrogens is 369 g/mol. The number of amidine groups is 1. The Morgan fingerprint density at radius 2 is 1.75 bits per heavy atom. The van der Waals surface area contributed by atoms with Gasteiger partial charge in [0.2, 0.25) is 0 Å². The minimum absolute atomic E-state index is 0.176. The second-order valence-corrected chi connectivity index (χ2v) is 9.61. The van der Waals surface area contributed by atoms with Gasteiger partial charge in [0, 0.05) is 45.0 Å². The number of nitrogens with one attached hydrogen (secondary N) is 1. The van der Waals surface area contributed by atoms with E-state index in [1.807, 2.05) is 23.5 Å². The highest BCUT2D eigenvalue weighted by Crippen LogP contribution is 2.27. The molecule has 0 saturated heterocycles. The summed E-state index contributed by atoms with van der Waals surface area (Å²) in [4.78, 5) is 0. The molecule has 0 amide bonds. The topological polar surface area (TPSA) is 70.1 Å². The van der Waals surface area contributed by atoms with Gasteiger partial charge in [-0.25, -0.2) is 0 Å². The molecule has 0 spiro atoms. The predicted molar refractivity (Wildman–Crippen MR) is 109 cm³/mol. The van der Waals surface area contributed by atoms with Crippen LogP contribution in [0.5, 0.6) is 0 Å². The minimum Gasteiger partial charge on any atom is -0.396 e. The maximum Gasteiger partial charge on any atom is 0.151 e. The van der Waals surface area contributed by atoms with Gasteiger partial charge in [0.25, 0.3) is 0 Å². The van der Waals surface area contributed by atoms with E-state index in [2.05, 4.69) is 25.3 Å². The van der Waals surface area contributed by atoms with Crippen molar-refractivity contribution in [3.63, 3.8) is 0 Å². The number of thiol groups is 2. The lowest BCUT2D eigenvalue weighted by molar-refractivity contribution is 0.322. The Morgan fingerprint density at radius 1 is 1.10 bits per heavy atom. The average molecular weight is 393 g/mol. The molecule has 3 nitrogen and oxygen atoms in total. The molecule has 0 aromatic rings. The number of aliphatic hydroxyl groups excluding tert-OH is 1. The first kappa shape index (κ1) is 21.5. The van der Waals surface area contributed by atoms with E-state index in [1.165, 1.54) is 11.8 Å². The zero-order valence-electron chi connectivity index (χ0n) is 11.4. The fourth-order valence-corrected chi connectivity index (χ4v) is 6.56. The molecule has 0 heterocycles. The molecule has 0 aromatic carbocycles. The van der Waals surface area contributed by atoms with Crippen molar-refractivity contribution in [3.05, 3.63) is 0 Å². The molecule has 2 atom stereocenters. The van der Waals surface area contributed by atoms with Gasteiger partial charge in [-0.1, -0.05) is 11.8 Å². The van der Waals surface area contributed by atoms with Gasteiger partial charge in [-0.15, -0.1) is 0 Å². The van der Waals surface area contributed by atoms with E-state index >= 15 is 0 Å². The van der Waals surface area contributed by atoms with Crippen molar-refractivity contribution in [1.29, 1.82) is 5.41 Å². The third-order valence-electron chi connectivity index (χ3n) is 2.09. The van der Waals surface area contributed by atoms with Crippen LogP contribution in [0.2, 0.25) is 0 Å². The molecule has 0 saturated carbocycles. The summed E-state index contributed by atoms with van der Waals surface area (Å²) in [5, 5.41) is 17.3. The molecular formula is C11H24N2OS6. The molecule has 0 radical (unpaired) electrons. The first-order chi connectivity index (χ1) is 9.63. The summed E-state index contributed by atoms with van der Waals surface area (Å²) >= 11 is 15.7.